The van der Waals surface area contributed by atoms with Crippen molar-refractivity contribution in [2.24, 2.45) is 4.99 Å². The first kappa shape index (κ1) is 16.3. The second-order valence-corrected chi connectivity index (χ2v) is 6.28. The van der Waals surface area contributed by atoms with E-state index in [9.17, 15) is 4.79 Å². The first-order chi connectivity index (χ1) is 10.3. The number of carbonyl (C=O) groups is 1. The maximum Gasteiger partial charge on any atom is 0.217 e. The van der Waals surface area contributed by atoms with Crippen LogP contribution >= 0.6 is 0 Å². The van der Waals surface area contributed by atoms with E-state index in [-0.39, 0.29) is 11.5 Å². The van der Waals surface area contributed by atoms with Gasteiger partial charge >= 0.3 is 0 Å². The van der Waals surface area contributed by atoms with Gasteiger partial charge in [-0.05, 0) is 25.8 Å². The van der Waals surface area contributed by atoms with Gasteiger partial charge in [-0.3, -0.25) is 4.79 Å². The lowest BCUT2D eigenvalue weighted by Gasteiger charge is -2.20. The van der Waals surface area contributed by atoms with Gasteiger partial charge in [-0.2, -0.15) is 0 Å². The molecule has 0 fully saturated rings. The minimum atomic E-state index is -0.266. The Labute approximate surface area is 131 Å². The Morgan fingerprint density at radius 2 is 1.91 bits per heavy atom. The van der Waals surface area contributed by atoms with Crippen LogP contribution in [-0.4, -0.2) is 38.5 Å². The van der Waals surface area contributed by atoms with Crippen molar-refractivity contribution < 1.29 is 19.0 Å². The van der Waals surface area contributed by atoms with Crippen molar-refractivity contribution in [2.45, 2.75) is 39.2 Å². The summed E-state index contributed by atoms with van der Waals surface area (Å²) in [6.07, 6.45) is 0.760. The summed E-state index contributed by atoms with van der Waals surface area (Å²) in [5, 5.41) is 0. The zero-order chi connectivity index (χ0) is 16.5. The molecule has 5 heteroatoms. The van der Waals surface area contributed by atoms with E-state index in [1.807, 2.05) is 13.8 Å². The summed E-state index contributed by atoms with van der Waals surface area (Å²) in [5.74, 6) is 1.73. The molecule has 1 aromatic carbocycles. The van der Waals surface area contributed by atoms with Gasteiger partial charge in [0.25, 0.3) is 0 Å². The number of methoxy groups -OCH3 is 2. The molecule has 0 aliphatic carbocycles. The highest BCUT2D eigenvalue weighted by Crippen LogP contribution is 2.41. The highest BCUT2D eigenvalue weighted by Gasteiger charge is 2.31. The molecule has 1 aromatic rings. The lowest BCUT2D eigenvalue weighted by Crippen LogP contribution is -2.17. The van der Waals surface area contributed by atoms with Gasteiger partial charge in [-0.15, -0.1) is 0 Å². The molecule has 0 saturated carbocycles. The second kappa shape index (κ2) is 5.99. The standard InChI is InChI=1S/C17H23NO4/c1-10(2)13-12(16-18-17(3,4)9-22-16)7-11(8-19)14(20-5)15(13)21-6/h7-8,10H,9H2,1-6H3. The minimum Gasteiger partial charge on any atom is -0.493 e. The third-order valence-corrected chi connectivity index (χ3v) is 3.61. The van der Waals surface area contributed by atoms with Crippen LogP contribution in [0.15, 0.2) is 11.1 Å². The number of nitrogens with zero attached hydrogens (tertiary/aromatic N) is 1. The average Bonchev–Trinajstić information content (AvgIpc) is 2.84. The van der Waals surface area contributed by atoms with Gasteiger partial charge in [0.2, 0.25) is 5.90 Å². The smallest absolute Gasteiger partial charge is 0.217 e. The molecule has 0 unspecified atom stereocenters. The molecule has 5 nitrogen and oxygen atoms in total. The second-order valence-electron chi connectivity index (χ2n) is 6.28. The maximum absolute atomic E-state index is 11.4. The van der Waals surface area contributed by atoms with Crippen LogP contribution in [0.4, 0.5) is 0 Å². The Hall–Kier alpha value is -2.04. The Bertz CT molecular complexity index is 618. The molecule has 0 atom stereocenters. The van der Waals surface area contributed by atoms with Crippen LogP contribution in [0.2, 0.25) is 0 Å². The van der Waals surface area contributed by atoms with Gasteiger partial charge in [-0.1, -0.05) is 13.8 Å². The topological polar surface area (TPSA) is 57.1 Å². The fourth-order valence-corrected chi connectivity index (χ4v) is 2.65. The van der Waals surface area contributed by atoms with Gasteiger partial charge in [-0.25, -0.2) is 4.99 Å². The number of benzene rings is 1. The quantitative estimate of drug-likeness (QED) is 0.784. The van der Waals surface area contributed by atoms with E-state index in [0.29, 0.717) is 29.6 Å². The van der Waals surface area contributed by atoms with Gasteiger partial charge in [0.1, 0.15) is 6.61 Å². The maximum atomic E-state index is 11.4. The van der Waals surface area contributed by atoms with E-state index in [0.717, 1.165) is 17.4 Å². The summed E-state index contributed by atoms with van der Waals surface area (Å²) in [4.78, 5) is 16.0. The number of aldehydes is 1. The molecule has 0 bridgehead atoms. The Balaban J connectivity index is 2.75. The van der Waals surface area contributed by atoms with Crippen LogP contribution in [0.3, 0.4) is 0 Å². The number of hydrogen-bond donors (Lipinski definition) is 0. The Kier molecular flexibility index (Phi) is 4.44. The van der Waals surface area contributed by atoms with E-state index < -0.39 is 0 Å². The van der Waals surface area contributed by atoms with Crippen molar-refractivity contribution in [3.63, 3.8) is 0 Å². The van der Waals surface area contributed by atoms with Crippen LogP contribution in [0, 0.1) is 0 Å². The molecule has 0 saturated heterocycles. The highest BCUT2D eigenvalue weighted by molar-refractivity contribution is 6.00. The SMILES string of the molecule is COc1c(C=O)cc(C2=NC(C)(C)CO2)c(C(C)C)c1OC. The largest absolute Gasteiger partial charge is 0.493 e. The number of ether oxygens (including phenoxy) is 3. The molecule has 0 N–H and O–H groups in total. The van der Waals surface area contributed by atoms with Crippen LogP contribution in [-0.2, 0) is 4.74 Å². The first-order valence-electron chi connectivity index (χ1n) is 7.31. The minimum absolute atomic E-state index is 0.162. The molecule has 2 rings (SSSR count). The molecule has 1 heterocycles. The fraction of sp³-hybridized carbons (Fsp3) is 0.529. The van der Waals surface area contributed by atoms with Crippen LogP contribution in [0.25, 0.3) is 0 Å². The average molecular weight is 305 g/mol. The lowest BCUT2D eigenvalue weighted by molar-refractivity contribution is 0.112. The zero-order valence-electron chi connectivity index (χ0n) is 14.0. The van der Waals surface area contributed by atoms with E-state index in [1.165, 1.54) is 7.11 Å². The fourth-order valence-electron chi connectivity index (χ4n) is 2.65. The first-order valence-corrected chi connectivity index (χ1v) is 7.31. The normalized spacial score (nSPS) is 16.2. The van der Waals surface area contributed by atoms with E-state index in [4.69, 9.17) is 14.2 Å². The molecule has 120 valence electrons. The molecular formula is C17H23NO4. The number of rotatable bonds is 5. The molecule has 22 heavy (non-hydrogen) atoms. The molecule has 0 radical (unpaired) electrons. The van der Waals surface area contributed by atoms with Crippen molar-refractivity contribution in [1.29, 1.82) is 0 Å². The molecule has 1 aliphatic rings. The number of carbonyl (C=O) groups excluding carboxylic acids is 1. The van der Waals surface area contributed by atoms with Crippen LogP contribution in [0.5, 0.6) is 11.5 Å². The van der Waals surface area contributed by atoms with E-state index in [1.54, 1.807) is 13.2 Å². The lowest BCUT2D eigenvalue weighted by atomic mass is 9.93. The zero-order valence-corrected chi connectivity index (χ0v) is 14.0. The molecular weight excluding hydrogens is 282 g/mol. The van der Waals surface area contributed by atoms with Crippen LogP contribution in [0.1, 0.15) is 55.1 Å². The predicted molar refractivity (Wildman–Crippen MR) is 85.6 cm³/mol. The Morgan fingerprint density at radius 1 is 1.27 bits per heavy atom. The summed E-state index contributed by atoms with van der Waals surface area (Å²) in [7, 11) is 3.10. The molecule has 0 amide bonds. The third-order valence-electron chi connectivity index (χ3n) is 3.61. The van der Waals surface area contributed by atoms with Gasteiger partial charge in [0.05, 0.1) is 25.3 Å². The third kappa shape index (κ3) is 2.80. The van der Waals surface area contributed by atoms with E-state index >= 15 is 0 Å². The summed E-state index contributed by atoms with van der Waals surface area (Å²) in [5.41, 5.74) is 1.88. The highest BCUT2D eigenvalue weighted by atomic mass is 16.5. The van der Waals surface area contributed by atoms with Crippen molar-refractivity contribution in [3.8, 4) is 11.5 Å². The summed E-state index contributed by atoms with van der Waals surface area (Å²) in [6.45, 7) is 8.65. The number of aliphatic imine (C=N–C) groups is 1. The van der Waals surface area contributed by atoms with E-state index in [2.05, 4.69) is 18.8 Å². The predicted octanol–water partition coefficient (Wildman–Crippen LogP) is 3.20. The molecule has 0 aromatic heterocycles. The Morgan fingerprint density at radius 3 is 2.32 bits per heavy atom. The van der Waals surface area contributed by atoms with Gasteiger partial charge in [0, 0.05) is 11.1 Å². The van der Waals surface area contributed by atoms with Gasteiger partial charge < -0.3 is 14.2 Å². The van der Waals surface area contributed by atoms with Crippen molar-refractivity contribution in [2.75, 3.05) is 20.8 Å². The van der Waals surface area contributed by atoms with Crippen molar-refractivity contribution >= 4 is 12.2 Å². The summed E-state index contributed by atoms with van der Waals surface area (Å²) >= 11 is 0. The number of hydrogen-bond acceptors (Lipinski definition) is 5. The van der Waals surface area contributed by atoms with Gasteiger partial charge in [0.15, 0.2) is 17.8 Å². The van der Waals surface area contributed by atoms with Crippen LogP contribution < -0.4 is 9.47 Å². The monoisotopic (exact) mass is 305 g/mol. The molecule has 0 spiro atoms. The molecule has 1 aliphatic heterocycles. The van der Waals surface area contributed by atoms with Crippen molar-refractivity contribution in [1.82, 2.24) is 0 Å². The summed E-state index contributed by atoms with van der Waals surface area (Å²) < 4.78 is 16.7. The summed E-state index contributed by atoms with van der Waals surface area (Å²) in [6, 6.07) is 1.77. The van der Waals surface area contributed by atoms with Crippen molar-refractivity contribution in [3.05, 3.63) is 22.8 Å².